The van der Waals surface area contributed by atoms with Gasteiger partial charge in [-0.15, -0.1) is 0 Å². The Morgan fingerprint density at radius 1 is 1.33 bits per heavy atom. The molecule has 1 atom stereocenters. The van der Waals surface area contributed by atoms with E-state index in [1.807, 2.05) is 0 Å². The van der Waals surface area contributed by atoms with Crippen LogP contribution in [0.3, 0.4) is 0 Å². The predicted octanol–water partition coefficient (Wildman–Crippen LogP) is 3.64. The lowest BCUT2D eigenvalue weighted by molar-refractivity contribution is 0.333. The molecule has 1 heteroatoms. The van der Waals surface area contributed by atoms with E-state index >= 15 is 0 Å². The van der Waals surface area contributed by atoms with E-state index < -0.39 is 0 Å². The van der Waals surface area contributed by atoms with Gasteiger partial charge in [-0.3, -0.25) is 0 Å². The Balaban J connectivity index is 3.62. The van der Waals surface area contributed by atoms with E-state index in [1.54, 1.807) is 0 Å². The SMILES string of the molecule is CCC[C@@](C)(CC)CI. The van der Waals surface area contributed by atoms with Gasteiger partial charge in [0.2, 0.25) is 0 Å². The standard InChI is InChI=1S/C8H17I/c1-4-6-8(3,5-2)7-9/h4-7H2,1-3H3/t8-/m1/s1. The van der Waals surface area contributed by atoms with E-state index in [4.69, 9.17) is 0 Å². The van der Waals surface area contributed by atoms with Crippen LogP contribution in [0, 0.1) is 5.41 Å². The molecule has 0 bridgehead atoms. The molecule has 0 nitrogen and oxygen atoms in total. The molecule has 0 fully saturated rings. The summed E-state index contributed by atoms with van der Waals surface area (Å²) in [6.45, 7) is 6.93. The maximum Gasteiger partial charge on any atom is 0.00492 e. The molecule has 0 amide bonds. The van der Waals surface area contributed by atoms with E-state index in [-0.39, 0.29) is 0 Å². The quantitative estimate of drug-likeness (QED) is 0.519. The fraction of sp³-hybridized carbons (Fsp3) is 1.00. The van der Waals surface area contributed by atoms with Crippen LogP contribution < -0.4 is 0 Å². The van der Waals surface area contributed by atoms with Crippen molar-refractivity contribution in [3.63, 3.8) is 0 Å². The molecule has 0 aliphatic rings. The second-order valence-corrected chi connectivity index (χ2v) is 3.81. The molecule has 0 radical (unpaired) electrons. The summed E-state index contributed by atoms with van der Waals surface area (Å²) in [6, 6.07) is 0. The van der Waals surface area contributed by atoms with Crippen molar-refractivity contribution in [3.8, 4) is 0 Å². The van der Waals surface area contributed by atoms with Gasteiger partial charge in [-0.1, -0.05) is 49.8 Å². The highest BCUT2D eigenvalue weighted by Crippen LogP contribution is 2.29. The van der Waals surface area contributed by atoms with Gasteiger partial charge in [-0.2, -0.15) is 0 Å². The molecule has 0 rings (SSSR count). The lowest BCUT2D eigenvalue weighted by atomic mass is 9.85. The van der Waals surface area contributed by atoms with Crippen molar-refractivity contribution < 1.29 is 0 Å². The molecule has 0 heterocycles. The van der Waals surface area contributed by atoms with Crippen LogP contribution in [0.1, 0.15) is 40.0 Å². The Bertz CT molecular complexity index is 65.0. The van der Waals surface area contributed by atoms with Gasteiger partial charge in [0.15, 0.2) is 0 Å². The van der Waals surface area contributed by atoms with Crippen LogP contribution in [-0.4, -0.2) is 4.43 Å². The van der Waals surface area contributed by atoms with Crippen LogP contribution in [0.25, 0.3) is 0 Å². The molecule has 0 aliphatic carbocycles. The van der Waals surface area contributed by atoms with Crippen molar-refractivity contribution in [1.82, 2.24) is 0 Å². The Labute approximate surface area is 72.6 Å². The van der Waals surface area contributed by atoms with Crippen molar-refractivity contribution >= 4 is 22.6 Å². The molecule has 0 aromatic rings. The molecule has 0 aliphatic heterocycles. The Hall–Kier alpha value is 0.730. The van der Waals surface area contributed by atoms with Crippen LogP contribution >= 0.6 is 22.6 Å². The predicted molar refractivity (Wildman–Crippen MR) is 52.2 cm³/mol. The third-order valence-corrected chi connectivity index (χ3v) is 3.87. The number of alkyl halides is 1. The fourth-order valence-corrected chi connectivity index (χ4v) is 1.86. The van der Waals surface area contributed by atoms with Gasteiger partial charge in [-0.05, 0) is 18.3 Å². The third kappa shape index (κ3) is 3.43. The van der Waals surface area contributed by atoms with Crippen LogP contribution in [-0.2, 0) is 0 Å². The average Bonchev–Trinajstić information content (AvgIpc) is 1.89. The summed E-state index contributed by atoms with van der Waals surface area (Å²) in [4.78, 5) is 0. The summed E-state index contributed by atoms with van der Waals surface area (Å²) in [7, 11) is 0. The zero-order valence-electron chi connectivity index (χ0n) is 6.71. The Morgan fingerprint density at radius 3 is 2.00 bits per heavy atom. The number of hydrogen-bond acceptors (Lipinski definition) is 0. The Kier molecular flexibility index (Phi) is 4.90. The monoisotopic (exact) mass is 240 g/mol. The van der Waals surface area contributed by atoms with Crippen molar-refractivity contribution in [2.75, 3.05) is 4.43 Å². The normalized spacial score (nSPS) is 17.3. The van der Waals surface area contributed by atoms with Gasteiger partial charge in [-0.25, -0.2) is 0 Å². The van der Waals surface area contributed by atoms with Crippen LogP contribution in [0.5, 0.6) is 0 Å². The van der Waals surface area contributed by atoms with E-state index in [0.29, 0.717) is 5.41 Å². The second kappa shape index (κ2) is 4.53. The highest BCUT2D eigenvalue weighted by Gasteiger charge is 2.18. The summed E-state index contributed by atoms with van der Waals surface area (Å²) < 4.78 is 1.30. The molecular formula is C8H17I. The zero-order valence-corrected chi connectivity index (χ0v) is 8.86. The van der Waals surface area contributed by atoms with Gasteiger partial charge in [0.05, 0.1) is 0 Å². The van der Waals surface area contributed by atoms with E-state index in [2.05, 4.69) is 43.4 Å². The summed E-state index contributed by atoms with van der Waals surface area (Å²) in [6.07, 6.45) is 4.03. The third-order valence-electron chi connectivity index (χ3n) is 2.03. The minimum Gasteiger partial charge on any atom is -0.0858 e. The summed E-state index contributed by atoms with van der Waals surface area (Å²) in [5.41, 5.74) is 0.620. The minimum atomic E-state index is 0.620. The molecular weight excluding hydrogens is 223 g/mol. The maximum absolute atomic E-state index is 2.49. The van der Waals surface area contributed by atoms with E-state index in [0.717, 1.165) is 0 Å². The number of halogens is 1. The molecule has 0 aromatic carbocycles. The second-order valence-electron chi connectivity index (χ2n) is 3.05. The van der Waals surface area contributed by atoms with Gasteiger partial charge in [0, 0.05) is 4.43 Å². The fourth-order valence-electron chi connectivity index (χ4n) is 0.942. The zero-order chi connectivity index (χ0) is 7.33. The number of rotatable bonds is 4. The lowest BCUT2D eigenvalue weighted by Crippen LogP contribution is -2.15. The molecule has 0 saturated carbocycles. The first-order valence-corrected chi connectivity index (χ1v) is 5.27. The van der Waals surface area contributed by atoms with Crippen LogP contribution in [0.2, 0.25) is 0 Å². The summed E-state index contributed by atoms with van der Waals surface area (Å²) in [5, 5.41) is 0. The molecule has 0 aromatic heterocycles. The summed E-state index contributed by atoms with van der Waals surface area (Å²) in [5.74, 6) is 0. The lowest BCUT2D eigenvalue weighted by Gasteiger charge is -2.24. The first-order valence-electron chi connectivity index (χ1n) is 3.74. The maximum atomic E-state index is 2.49. The van der Waals surface area contributed by atoms with Crippen molar-refractivity contribution in [3.05, 3.63) is 0 Å². The van der Waals surface area contributed by atoms with Gasteiger partial charge < -0.3 is 0 Å². The molecule has 0 saturated heterocycles. The topological polar surface area (TPSA) is 0 Å². The van der Waals surface area contributed by atoms with Crippen molar-refractivity contribution in [2.45, 2.75) is 40.0 Å². The van der Waals surface area contributed by atoms with Gasteiger partial charge >= 0.3 is 0 Å². The molecule has 9 heavy (non-hydrogen) atoms. The van der Waals surface area contributed by atoms with Gasteiger partial charge in [0.25, 0.3) is 0 Å². The molecule has 56 valence electrons. The Morgan fingerprint density at radius 2 is 1.89 bits per heavy atom. The minimum absolute atomic E-state index is 0.620. The number of hydrogen-bond donors (Lipinski definition) is 0. The largest absolute Gasteiger partial charge is 0.0858 e. The highest BCUT2D eigenvalue weighted by atomic mass is 127. The molecule has 0 unspecified atom stereocenters. The summed E-state index contributed by atoms with van der Waals surface area (Å²) >= 11 is 2.49. The first kappa shape index (κ1) is 9.73. The smallest absolute Gasteiger partial charge is 0.00492 e. The van der Waals surface area contributed by atoms with E-state index in [1.165, 1.54) is 23.7 Å². The first-order chi connectivity index (χ1) is 4.18. The van der Waals surface area contributed by atoms with E-state index in [9.17, 15) is 0 Å². The van der Waals surface area contributed by atoms with Gasteiger partial charge in [0.1, 0.15) is 0 Å². The van der Waals surface area contributed by atoms with Crippen molar-refractivity contribution in [2.24, 2.45) is 5.41 Å². The van der Waals surface area contributed by atoms with Crippen LogP contribution in [0.4, 0.5) is 0 Å². The van der Waals surface area contributed by atoms with Crippen LogP contribution in [0.15, 0.2) is 0 Å². The average molecular weight is 240 g/mol. The van der Waals surface area contributed by atoms with Crippen molar-refractivity contribution in [1.29, 1.82) is 0 Å². The molecule has 0 spiro atoms. The highest BCUT2D eigenvalue weighted by molar-refractivity contribution is 14.1. The molecule has 0 N–H and O–H groups in total.